The average Bonchev–Trinajstić information content (AvgIpc) is 2.68. The van der Waals surface area contributed by atoms with E-state index in [1.54, 1.807) is 6.92 Å². The minimum atomic E-state index is -0.811. The van der Waals surface area contributed by atoms with E-state index in [0.29, 0.717) is 12.3 Å². The third kappa shape index (κ3) is 7.53. The molecule has 2 rings (SSSR count). The standard InChI is InChI=1S/C24H29NO4/c1-5-28-21(26)17-16-20(23(27)29-24(2,3)4)25-22(18-12-8-6-9-13-18)19-14-10-7-11-15-19/h6-15,20H,5,16-17H2,1-4H3. The molecule has 0 heterocycles. The number of hydrogen-bond donors (Lipinski definition) is 0. The fourth-order valence-electron chi connectivity index (χ4n) is 2.76. The van der Waals surface area contributed by atoms with Crippen LogP contribution in [0, 0.1) is 0 Å². The summed E-state index contributed by atoms with van der Waals surface area (Å²) in [6, 6.07) is 18.5. The summed E-state index contributed by atoms with van der Waals surface area (Å²) in [4.78, 5) is 29.5. The molecule has 5 nitrogen and oxygen atoms in total. The van der Waals surface area contributed by atoms with Crippen LogP contribution < -0.4 is 0 Å². The first-order chi connectivity index (χ1) is 13.8. The molecule has 0 N–H and O–H groups in total. The summed E-state index contributed by atoms with van der Waals surface area (Å²) in [5.74, 6) is -0.802. The van der Waals surface area contributed by atoms with Crippen molar-refractivity contribution in [2.75, 3.05) is 6.61 Å². The van der Waals surface area contributed by atoms with Gasteiger partial charge in [0, 0.05) is 17.5 Å². The summed E-state index contributed by atoms with van der Waals surface area (Å²) >= 11 is 0. The van der Waals surface area contributed by atoms with Crippen LogP contribution in [0.5, 0.6) is 0 Å². The van der Waals surface area contributed by atoms with E-state index in [0.717, 1.165) is 11.1 Å². The van der Waals surface area contributed by atoms with Crippen molar-refractivity contribution in [3.05, 3.63) is 71.8 Å². The van der Waals surface area contributed by atoms with Gasteiger partial charge in [0.05, 0.1) is 12.3 Å². The molecule has 29 heavy (non-hydrogen) atoms. The SMILES string of the molecule is CCOC(=O)CCC(N=C(c1ccccc1)c1ccccc1)C(=O)OC(C)(C)C. The average molecular weight is 395 g/mol. The molecule has 5 heteroatoms. The minimum absolute atomic E-state index is 0.0953. The van der Waals surface area contributed by atoms with Gasteiger partial charge in [-0.2, -0.15) is 0 Å². The Labute approximate surface area is 172 Å². The van der Waals surface area contributed by atoms with Crippen molar-refractivity contribution >= 4 is 17.7 Å². The number of rotatable bonds is 8. The number of aliphatic imine (C=N–C) groups is 1. The van der Waals surface area contributed by atoms with Crippen LogP contribution in [-0.4, -0.2) is 35.9 Å². The maximum Gasteiger partial charge on any atom is 0.331 e. The summed E-state index contributed by atoms with van der Waals surface area (Å²) in [7, 11) is 0. The van der Waals surface area contributed by atoms with Gasteiger partial charge in [0.1, 0.15) is 11.6 Å². The number of carbonyl (C=O) groups is 2. The van der Waals surface area contributed by atoms with Crippen molar-refractivity contribution in [1.82, 2.24) is 0 Å². The van der Waals surface area contributed by atoms with Gasteiger partial charge in [-0.3, -0.25) is 9.79 Å². The molecule has 154 valence electrons. The second kappa shape index (κ2) is 10.6. The lowest BCUT2D eigenvalue weighted by Crippen LogP contribution is -2.32. The molecule has 0 aliphatic rings. The second-order valence-corrected chi connectivity index (χ2v) is 7.60. The monoisotopic (exact) mass is 395 g/mol. The largest absolute Gasteiger partial charge is 0.466 e. The second-order valence-electron chi connectivity index (χ2n) is 7.60. The Hall–Kier alpha value is -2.95. The van der Waals surface area contributed by atoms with Gasteiger partial charge in [0.2, 0.25) is 0 Å². The van der Waals surface area contributed by atoms with E-state index in [1.165, 1.54) is 0 Å². The fourth-order valence-corrected chi connectivity index (χ4v) is 2.76. The molecule has 0 aliphatic heterocycles. The summed E-state index contributed by atoms with van der Waals surface area (Å²) < 4.78 is 10.6. The summed E-state index contributed by atoms with van der Waals surface area (Å²) in [5.41, 5.74) is 1.83. The Morgan fingerprint density at radius 2 is 1.45 bits per heavy atom. The van der Waals surface area contributed by atoms with Gasteiger partial charge in [0.15, 0.2) is 0 Å². The molecule has 1 unspecified atom stereocenters. The van der Waals surface area contributed by atoms with Crippen molar-refractivity contribution in [1.29, 1.82) is 0 Å². The number of nitrogens with zero attached hydrogens (tertiary/aromatic N) is 1. The molecule has 2 aromatic rings. The molecule has 0 amide bonds. The first-order valence-electron chi connectivity index (χ1n) is 9.87. The van der Waals surface area contributed by atoms with Gasteiger partial charge < -0.3 is 9.47 Å². The lowest BCUT2D eigenvalue weighted by molar-refractivity contribution is -0.156. The first-order valence-corrected chi connectivity index (χ1v) is 9.87. The Morgan fingerprint density at radius 1 is 0.931 bits per heavy atom. The van der Waals surface area contributed by atoms with Gasteiger partial charge in [-0.05, 0) is 34.1 Å². The summed E-state index contributed by atoms with van der Waals surface area (Å²) in [6.07, 6.45) is 0.315. The predicted octanol–water partition coefficient (Wildman–Crippen LogP) is 4.58. The molecular weight excluding hydrogens is 366 g/mol. The van der Waals surface area contributed by atoms with Crippen LogP contribution in [0.15, 0.2) is 65.7 Å². The van der Waals surface area contributed by atoms with E-state index in [-0.39, 0.29) is 18.8 Å². The molecule has 0 fully saturated rings. The smallest absolute Gasteiger partial charge is 0.331 e. The molecule has 0 bridgehead atoms. The molecule has 2 aromatic carbocycles. The summed E-state index contributed by atoms with van der Waals surface area (Å²) in [5, 5.41) is 0. The predicted molar refractivity (Wildman–Crippen MR) is 114 cm³/mol. The van der Waals surface area contributed by atoms with Gasteiger partial charge in [0.25, 0.3) is 0 Å². The molecule has 0 aromatic heterocycles. The van der Waals surface area contributed by atoms with Gasteiger partial charge in [-0.15, -0.1) is 0 Å². The van der Waals surface area contributed by atoms with Gasteiger partial charge in [-0.1, -0.05) is 60.7 Å². The third-order valence-corrected chi connectivity index (χ3v) is 3.99. The Bertz CT molecular complexity index is 781. The quantitative estimate of drug-likeness (QED) is 0.485. The summed E-state index contributed by atoms with van der Waals surface area (Å²) in [6.45, 7) is 7.49. The molecule has 0 saturated carbocycles. The number of esters is 2. The Kier molecular flexibility index (Phi) is 8.13. The highest BCUT2D eigenvalue weighted by Crippen LogP contribution is 2.18. The topological polar surface area (TPSA) is 65.0 Å². The number of benzene rings is 2. The van der Waals surface area contributed by atoms with Crippen molar-refractivity contribution in [2.24, 2.45) is 4.99 Å². The van der Waals surface area contributed by atoms with Crippen LogP contribution in [-0.2, 0) is 19.1 Å². The van der Waals surface area contributed by atoms with E-state index < -0.39 is 17.6 Å². The third-order valence-electron chi connectivity index (χ3n) is 3.99. The Balaban J connectivity index is 2.42. The zero-order valence-electron chi connectivity index (χ0n) is 17.6. The highest BCUT2D eigenvalue weighted by atomic mass is 16.6. The minimum Gasteiger partial charge on any atom is -0.466 e. The van der Waals surface area contributed by atoms with E-state index in [2.05, 4.69) is 0 Å². The maximum atomic E-state index is 12.8. The molecule has 1 atom stereocenters. The van der Waals surface area contributed by atoms with Crippen molar-refractivity contribution in [2.45, 2.75) is 52.2 Å². The number of hydrogen-bond acceptors (Lipinski definition) is 5. The van der Waals surface area contributed by atoms with E-state index >= 15 is 0 Å². The highest BCUT2D eigenvalue weighted by Gasteiger charge is 2.26. The molecule has 0 radical (unpaired) electrons. The maximum absolute atomic E-state index is 12.8. The van der Waals surface area contributed by atoms with Crippen LogP contribution >= 0.6 is 0 Å². The van der Waals surface area contributed by atoms with Crippen LogP contribution in [0.4, 0.5) is 0 Å². The zero-order valence-corrected chi connectivity index (χ0v) is 17.6. The van der Waals surface area contributed by atoms with Crippen LogP contribution in [0.25, 0.3) is 0 Å². The normalized spacial score (nSPS) is 12.0. The number of carbonyl (C=O) groups excluding carboxylic acids is 2. The van der Waals surface area contributed by atoms with Crippen LogP contribution in [0.2, 0.25) is 0 Å². The highest BCUT2D eigenvalue weighted by molar-refractivity contribution is 6.13. The first kappa shape index (κ1) is 22.3. The lowest BCUT2D eigenvalue weighted by Gasteiger charge is -2.23. The lowest BCUT2D eigenvalue weighted by atomic mass is 10.0. The van der Waals surface area contributed by atoms with Crippen LogP contribution in [0.1, 0.15) is 51.7 Å². The molecule has 0 saturated heterocycles. The molecule has 0 aliphatic carbocycles. The van der Waals surface area contributed by atoms with Crippen molar-refractivity contribution in [3.63, 3.8) is 0 Å². The molecule has 0 spiro atoms. The van der Waals surface area contributed by atoms with E-state index in [9.17, 15) is 9.59 Å². The fraction of sp³-hybridized carbons (Fsp3) is 0.375. The number of ether oxygens (including phenoxy) is 2. The van der Waals surface area contributed by atoms with Crippen LogP contribution in [0.3, 0.4) is 0 Å². The van der Waals surface area contributed by atoms with E-state index in [4.69, 9.17) is 14.5 Å². The Morgan fingerprint density at radius 3 is 1.90 bits per heavy atom. The van der Waals surface area contributed by atoms with E-state index in [1.807, 2.05) is 81.4 Å². The van der Waals surface area contributed by atoms with Gasteiger partial charge in [-0.25, -0.2) is 4.79 Å². The van der Waals surface area contributed by atoms with Crippen molar-refractivity contribution < 1.29 is 19.1 Å². The zero-order chi connectivity index (χ0) is 21.3. The van der Waals surface area contributed by atoms with Gasteiger partial charge >= 0.3 is 11.9 Å². The van der Waals surface area contributed by atoms with Crippen molar-refractivity contribution in [3.8, 4) is 0 Å². The molecular formula is C24H29NO4.